The number of hydrogen-bond acceptors (Lipinski definition) is 6. The normalized spacial score (nSPS) is 13.9. The van der Waals surface area contributed by atoms with E-state index in [1.807, 2.05) is 0 Å². The van der Waals surface area contributed by atoms with E-state index in [9.17, 15) is 18.0 Å². The molecule has 0 radical (unpaired) electrons. The molecule has 1 saturated carbocycles. The van der Waals surface area contributed by atoms with Crippen molar-refractivity contribution in [3.63, 3.8) is 0 Å². The highest BCUT2D eigenvalue weighted by molar-refractivity contribution is 7.89. The first-order valence-electron chi connectivity index (χ1n) is 8.71. The molecular formula is C18H14Cl2N4O5S. The zero-order chi connectivity index (χ0) is 21.5. The van der Waals surface area contributed by atoms with Crippen LogP contribution in [0.3, 0.4) is 0 Å². The highest BCUT2D eigenvalue weighted by Crippen LogP contribution is 2.35. The molecule has 1 aromatic heterocycles. The van der Waals surface area contributed by atoms with Crippen LogP contribution in [0.2, 0.25) is 10.0 Å². The summed E-state index contributed by atoms with van der Waals surface area (Å²) in [5.41, 5.74) is -1.02. The lowest BCUT2D eigenvalue weighted by Gasteiger charge is -2.12. The number of aromatic nitrogens is 3. The fraction of sp³-hybridized carbons (Fsp3) is 0.167. The van der Waals surface area contributed by atoms with Crippen LogP contribution in [0, 0.1) is 0 Å². The van der Waals surface area contributed by atoms with Gasteiger partial charge in [-0.05, 0) is 49.2 Å². The van der Waals surface area contributed by atoms with Crippen LogP contribution in [0.15, 0.2) is 57.1 Å². The lowest BCUT2D eigenvalue weighted by Crippen LogP contribution is -2.30. The Kier molecular flexibility index (Phi) is 5.41. The van der Waals surface area contributed by atoms with Crippen molar-refractivity contribution in [3.05, 3.63) is 73.5 Å². The van der Waals surface area contributed by atoms with Crippen molar-refractivity contribution in [2.75, 3.05) is 0 Å². The maximum Gasteiger partial charge on any atom is 0.349 e. The molecule has 1 fully saturated rings. The zero-order valence-corrected chi connectivity index (χ0v) is 17.5. The monoisotopic (exact) mass is 468 g/mol. The molecule has 1 aliphatic carbocycles. The summed E-state index contributed by atoms with van der Waals surface area (Å²) < 4.78 is 33.8. The van der Waals surface area contributed by atoms with Crippen molar-refractivity contribution in [3.8, 4) is 17.2 Å². The Morgan fingerprint density at radius 3 is 2.33 bits per heavy atom. The van der Waals surface area contributed by atoms with Gasteiger partial charge >= 0.3 is 5.69 Å². The number of ether oxygens (including phenoxy) is 1. The number of benzene rings is 2. The predicted molar refractivity (Wildman–Crippen MR) is 110 cm³/mol. The average molecular weight is 469 g/mol. The number of aromatic amines is 1. The maximum absolute atomic E-state index is 12.3. The second-order valence-corrected chi connectivity index (χ2v) is 9.08. The Morgan fingerprint density at radius 2 is 1.73 bits per heavy atom. The van der Waals surface area contributed by atoms with E-state index in [0.717, 1.165) is 23.7 Å². The molecule has 0 bridgehead atoms. The Hall–Kier alpha value is -2.66. The fourth-order valence-corrected chi connectivity index (χ4v) is 4.41. The molecule has 30 heavy (non-hydrogen) atoms. The van der Waals surface area contributed by atoms with Gasteiger partial charge in [0.2, 0.25) is 10.0 Å². The Bertz CT molecular complexity index is 1350. The largest absolute Gasteiger partial charge is 0.454 e. The second-order valence-electron chi connectivity index (χ2n) is 6.56. The summed E-state index contributed by atoms with van der Waals surface area (Å²) in [5.74, 6) is 0.433. The summed E-state index contributed by atoms with van der Waals surface area (Å²) in [4.78, 5) is 25.1. The van der Waals surface area contributed by atoms with Crippen molar-refractivity contribution in [2.24, 2.45) is 0 Å². The third kappa shape index (κ3) is 4.41. The van der Waals surface area contributed by atoms with Crippen LogP contribution in [0.5, 0.6) is 11.5 Å². The molecule has 156 valence electrons. The van der Waals surface area contributed by atoms with Gasteiger partial charge in [-0.25, -0.2) is 17.9 Å². The molecule has 4 rings (SSSR count). The van der Waals surface area contributed by atoms with Crippen molar-refractivity contribution in [2.45, 2.75) is 23.8 Å². The predicted octanol–water partition coefficient (Wildman–Crippen LogP) is 2.46. The molecule has 3 aromatic rings. The van der Waals surface area contributed by atoms with Gasteiger partial charge in [0.15, 0.2) is 0 Å². The molecule has 1 heterocycles. The van der Waals surface area contributed by atoms with Gasteiger partial charge in [0.25, 0.3) is 5.56 Å². The zero-order valence-electron chi connectivity index (χ0n) is 15.1. The van der Waals surface area contributed by atoms with Gasteiger partial charge in [0.05, 0.1) is 20.6 Å². The molecule has 12 heteroatoms. The topological polar surface area (TPSA) is 123 Å². The third-order valence-corrected chi connectivity index (χ3v) is 6.31. The lowest BCUT2D eigenvalue weighted by molar-refractivity contribution is 0.482. The number of nitrogens with zero attached hydrogens (tertiary/aromatic N) is 2. The first kappa shape index (κ1) is 20.6. The highest BCUT2D eigenvalue weighted by Gasteiger charge is 2.28. The van der Waals surface area contributed by atoms with Crippen LogP contribution in [-0.4, -0.2) is 29.2 Å². The van der Waals surface area contributed by atoms with E-state index in [4.69, 9.17) is 27.9 Å². The van der Waals surface area contributed by atoms with Gasteiger partial charge in [-0.15, -0.1) is 0 Å². The Balaban J connectivity index is 1.58. The molecule has 0 spiro atoms. The quantitative estimate of drug-likeness (QED) is 0.572. The van der Waals surface area contributed by atoms with Gasteiger partial charge in [0, 0.05) is 6.04 Å². The van der Waals surface area contributed by atoms with Gasteiger partial charge in [-0.2, -0.15) is 9.78 Å². The minimum atomic E-state index is -3.64. The van der Waals surface area contributed by atoms with Crippen LogP contribution in [-0.2, 0) is 10.0 Å². The molecule has 0 unspecified atom stereocenters. The summed E-state index contributed by atoms with van der Waals surface area (Å²) in [5, 5.41) is 3.99. The smallest absolute Gasteiger partial charge is 0.349 e. The number of H-pyrrole nitrogens is 1. The summed E-state index contributed by atoms with van der Waals surface area (Å²) in [6, 6.07) is 8.53. The Labute approximate surface area is 180 Å². The third-order valence-electron chi connectivity index (χ3n) is 4.21. The highest BCUT2D eigenvalue weighted by atomic mass is 35.5. The summed E-state index contributed by atoms with van der Waals surface area (Å²) >= 11 is 12.4. The van der Waals surface area contributed by atoms with Gasteiger partial charge in [-0.1, -0.05) is 23.2 Å². The van der Waals surface area contributed by atoms with E-state index >= 15 is 0 Å². The molecule has 1 aliphatic rings. The SMILES string of the molecule is O=c1cnn(-c2ccc(Oc3ccc(S(=O)(=O)NC4CC4)cc3Cl)c(Cl)c2)c(=O)[nH]1. The van der Waals surface area contributed by atoms with Crippen molar-refractivity contribution in [1.29, 1.82) is 0 Å². The minimum absolute atomic E-state index is 0.0218. The number of nitrogens with one attached hydrogen (secondary N) is 2. The van der Waals surface area contributed by atoms with E-state index in [1.165, 1.54) is 36.4 Å². The molecule has 2 aromatic carbocycles. The molecular weight excluding hydrogens is 455 g/mol. The van der Waals surface area contributed by atoms with E-state index in [0.29, 0.717) is 5.69 Å². The molecule has 2 N–H and O–H groups in total. The molecule has 0 saturated heterocycles. The molecule has 9 nitrogen and oxygen atoms in total. The second kappa shape index (κ2) is 7.88. The van der Waals surface area contributed by atoms with Crippen LogP contribution >= 0.6 is 23.2 Å². The number of rotatable bonds is 6. The Morgan fingerprint density at radius 1 is 1.07 bits per heavy atom. The van der Waals surface area contributed by atoms with Crippen LogP contribution in [0.25, 0.3) is 5.69 Å². The number of hydrogen-bond donors (Lipinski definition) is 2. The summed E-state index contributed by atoms with van der Waals surface area (Å²) in [7, 11) is -3.64. The van der Waals surface area contributed by atoms with Crippen molar-refractivity contribution >= 4 is 33.2 Å². The fourth-order valence-electron chi connectivity index (χ4n) is 2.58. The number of halogens is 2. The van der Waals surface area contributed by atoms with Crippen molar-refractivity contribution in [1.82, 2.24) is 19.5 Å². The molecule has 0 atom stereocenters. The number of sulfonamides is 1. The molecule has 0 aliphatic heterocycles. The lowest BCUT2D eigenvalue weighted by atomic mass is 10.3. The van der Waals surface area contributed by atoms with E-state index in [2.05, 4.69) is 14.8 Å². The summed E-state index contributed by atoms with van der Waals surface area (Å²) in [6.45, 7) is 0. The van der Waals surface area contributed by atoms with Gasteiger partial charge in [0.1, 0.15) is 17.7 Å². The van der Waals surface area contributed by atoms with E-state index < -0.39 is 21.3 Å². The minimum Gasteiger partial charge on any atom is -0.454 e. The summed E-state index contributed by atoms with van der Waals surface area (Å²) in [6.07, 6.45) is 2.61. The molecule has 0 amide bonds. The average Bonchev–Trinajstić information content (AvgIpc) is 3.48. The first-order chi connectivity index (χ1) is 14.2. The van der Waals surface area contributed by atoms with Crippen LogP contribution in [0.4, 0.5) is 0 Å². The van der Waals surface area contributed by atoms with Crippen molar-refractivity contribution < 1.29 is 13.2 Å². The van der Waals surface area contributed by atoms with Gasteiger partial charge < -0.3 is 4.74 Å². The first-order valence-corrected chi connectivity index (χ1v) is 11.0. The standard InChI is InChI=1S/C18H14Cl2N4O5S/c19-13-7-11(24-18(26)22-17(25)9-21-24)3-5-15(13)29-16-6-4-12(8-14(16)20)30(27,28)23-10-1-2-10/h3-10,23H,1-2H2,(H,22,25,26). The van der Waals surface area contributed by atoms with E-state index in [1.54, 1.807) is 0 Å². The van der Waals surface area contributed by atoms with Crippen LogP contribution in [0.1, 0.15) is 12.8 Å². The van der Waals surface area contributed by atoms with E-state index in [-0.39, 0.29) is 32.5 Å². The maximum atomic E-state index is 12.3. The van der Waals surface area contributed by atoms with Gasteiger partial charge in [-0.3, -0.25) is 9.78 Å². The van der Waals surface area contributed by atoms with Crippen LogP contribution < -0.4 is 20.7 Å².